The molecule has 1 unspecified atom stereocenters. The SMILES string of the molecule is CCN(CC)S(=O)(=O)c1ccc(CNC(=O)N2CCCC(c3nc4ccccc4[nH]3)C2)cc1. The minimum absolute atomic E-state index is 0.115. The molecule has 1 fully saturated rings. The highest BCUT2D eigenvalue weighted by molar-refractivity contribution is 7.89. The van der Waals surface area contributed by atoms with Crippen LogP contribution in [0.2, 0.25) is 0 Å². The summed E-state index contributed by atoms with van der Waals surface area (Å²) in [5.74, 6) is 1.11. The van der Waals surface area contributed by atoms with E-state index in [0.717, 1.165) is 35.3 Å². The van der Waals surface area contributed by atoms with Crippen molar-refractivity contribution in [1.82, 2.24) is 24.5 Å². The molecule has 4 rings (SSSR count). The molecular weight excluding hydrogens is 438 g/mol. The Labute approximate surface area is 195 Å². The Balaban J connectivity index is 1.35. The van der Waals surface area contributed by atoms with Crippen LogP contribution in [0.1, 0.15) is 44.0 Å². The molecule has 9 heteroatoms. The maximum atomic E-state index is 12.8. The molecule has 0 aliphatic carbocycles. The number of hydrogen-bond acceptors (Lipinski definition) is 4. The summed E-state index contributed by atoms with van der Waals surface area (Å²) in [4.78, 5) is 23.0. The number of hydrogen-bond donors (Lipinski definition) is 2. The van der Waals surface area contributed by atoms with Crippen molar-refractivity contribution >= 4 is 27.1 Å². The van der Waals surface area contributed by atoms with E-state index < -0.39 is 10.0 Å². The fraction of sp³-hybridized carbons (Fsp3) is 0.417. The summed E-state index contributed by atoms with van der Waals surface area (Å²) in [6.45, 7) is 6.18. The quantitative estimate of drug-likeness (QED) is 0.551. The second kappa shape index (κ2) is 9.93. The highest BCUT2D eigenvalue weighted by atomic mass is 32.2. The van der Waals surface area contributed by atoms with Crippen LogP contribution >= 0.6 is 0 Å². The number of aromatic amines is 1. The Morgan fingerprint density at radius 2 is 1.88 bits per heavy atom. The van der Waals surface area contributed by atoms with Crippen molar-refractivity contribution in [3.8, 4) is 0 Å². The van der Waals surface area contributed by atoms with Gasteiger partial charge >= 0.3 is 6.03 Å². The summed E-state index contributed by atoms with van der Waals surface area (Å²) in [5.41, 5.74) is 2.81. The smallest absolute Gasteiger partial charge is 0.317 e. The maximum absolute atomic E-state index is 12.8. The molecule has 1 aliphatic heterocycles. The number of carbonyl (C=O) groups is 1. The predicted octanol–water partition coefficient (Wildman–Crippen LogP) is 3.68. The number of H-pyrrole nitrogens is 1. The minimum atomic E-state index is -3.48. The number of piperidine rings is 1. The zero-order chi connectivity index (χ0) is 23.4. The fourth-order valence-corrected chi connectivity index (χ4v) is 5.79. The van der Waals surface area contributed by atoms with Crippen LogP contribution in [-0.4, -0.2) is 59.8 Å². The largest absolute Gasteiger partial charge is 0.342 e. The van der Waals surface area contributed by atoms with E-state index in [0.29, 0.717) is 32.7 Å². The van der Waals surface area contributed by atoms with Gasteiger partial charge in [0.2, 0.25) is 10.0 Å². The van der Waals surface area contributed by atoms with Gasteiger partial charge in [-0.15, -0.1) is 0 Å². The molecule has 2 N–H and O–H groups in total. The van der Waals surface area contributed by atoms with Crippen molar-refractivity contribution in [2.75, 3.05) is 26.2 Å². The third kappa shape index (κ3) is 5.04. The lowest BCUT2D eigenvalue weighted by Crippen LogP contribution is -2.44. The molecule has 3 aromatic rings. The number of aromatic nitrogens is 2. The normalized spacial score (nSPS) is 16.9. The number of rotatable bonds is 7. The summed E-state index contributed by atoms with van der Waals surface area (Å²) < 4.78 is 26.7. The Bertz CT molecular complexity index is 1170. The van der Waals surface area contributed by atoms with Crippen LogP contribution in [-0.2, 0) is 16.6 Å². The molecular formula is C24H31N5O3S. The molecule has 0 radical (unpaired) electrons. The molecule has 2 amide bonds. The van der Waals surface area contributed by atoms with Crippen LogP contribution in [0.5, 0.6) is 0 Å². The van der Waals surface area contributed by atoms with Crippen molar-refractivity contribution in [2.45, 2.75) is 44.0 Å². The Morgan fingerprint density at radius 1 is 1.15 bits per heavy atom. The lowest BCUT2D eigenvalue weighted by molar-refractivity contribution is 0.178. The molecule has 176 valence electrons. The van der Waals surface area contributed by atoms with Crippen molar-refractivity contribution in [2.24, 2.45) is 0 Å². The standard InChI is InChI=1S/C24H31N5O3S/c1-3-29(4-2)33(31,32)20-13-11-18(12-14-20)16-25-24(30)28-15-7-8-19(17-28)23-26-21-9-5-6-10-22(21)27-23/h5-6,9-14,19H,3-4,7-8,15-17H2,1-2H3,(H,25,30)(H,26,27). The van der Waals surface area contributed by atoms with Crippen LogP contribution in [0, 0.1) is 0 Å². The summed E-state index contributed by atoms with van der Waals surface area (Å²) in [6, 6.07) is 14.6. The van der Waals surface area contributed by atoms with Crippen molar-refractivity contribution in [3.05, 3.63) is 59.9 Å². The Hall–Kier alpha value is -2.91. The van der Waals surface area contributed by atoms with Crippen LogP contribution in [0.15, 0.2) is 53.4 Å². The molecule has 2 heterocycles. The molecule has 1 aromatic heterocycles. The number of fused-ring (bicyclic) bond motifs is 1. The molecule has 8 nitrogen and oxygen atoms in total. The van der Waals surface area contributed by atoms with E-state index in [4.69, 9.17) is 4.98 Å². The van der Waals surface area contributed by atoms with Gasteiger partial charge in [0.05, 0.1) is 15.9 Å². The van der Waals surface area contributed by atoms with E-state index in [1.807, 2.05) is 43.0 Å². The van der Waals surface area contributed by atoms with E-state index in [-0.39, 0.29) is 16.8 Å². The average Bonchev–Trinajstić information content (AvgIpc) is 3.28. The van der Waals surface area contributed by atoms with Gasteiger partial charge in [0.15, 0.2) is 0 Å². The van der Waals surface area contributed by atoms with Crippen LogP contribution in [0.4, 0.5) is 4.79 Å². The number of urea groups is 1. The number of carbonyl (C=O) groups excluding carboxylic acids is 1. The van der Waals surface area contributed by atoms with Crippen molar-refractivity contribution < 1.29 is 13.2 Å². The zero-order valence-corrected chi connectivity index (χ0v) is 19.9. The topological polar surface area (TPSA) is 98.4 Å². The Morgan fingerprint density at radius 3 is 2.58 bits per heavy atom. The summed E-state index contributed by atoms with van der Waals surface area (Å²) in [6.07, 6.45) is 1.92. The lowest BCUT2D eigenvalue weighted by atomic mass is 9.97. The van der Waals surface area contributed by atoms with Gasteiger partial charge in [-0.05, 0) is 42.7 Å². The zero-order valence-electron chi connectivity index (χ0n) is 19.1. The maximum Gasteiger partial charge on any atom is 0.317 e. The average molecular weight is 470 g/mol. The number of para-hydroxylation sites is 2. The monoisotopic (exact) mass is 469 g/mol. The Kier molecular flexibility index (Phi) is 6.99. The van der Waals surface area contributed by atoms with Crippen molar-refractivity contribution in [1.29, 1.82) is 0 Å². The van der Waals surface area contributed by atoms with Gasteiger partial charge in [-0.1, -0.05) is 38.1 Å². The first-order valence-corrected chi connectivity index (χ1v) is 12.9. The number of likely N-dealkylation sites (tertiary alicyclic amines) is 1. The number of nitrogens with one attached hydrogen (secondary N) is 2. The number of imidazole rings is 1. The molecule has 1 atom stereocenters. The first-order chi connectivity index (χ1) is 15.9. The van der Waals surface area contributed by atoms with E-state index in [1.54, 1.807) is 24.3 Å². The molecule has 1 saturated heterocycles. The number of nitrogens with zero attached hydrogens (tertiary/aromatic N) is 3. The molecule has 2 aromatic carbocycles. The predicted molar refractivity (Wildman–Crippen MR) is 128 cm³/mol. The third-order valence-corrected chi connectivity index (χ3v) is 8.28. The molecule has 33 heavy (non-hydrogen) atoms. The van der Waals surface area contributed by atoms with Crippen LogP contribution in [0.3, 0.4) is 0 Å². The van der Waals surface area contributed by atoms with E-state index in [9.17, 15) is 13.2 Å². The van der Waals surface area contributed by atoms with Gasteiger partial charge in [-0.25, -0.2) is 18.2 Å². The van der Waals surface area contributed by atoms with Gasteiger partial charge in [0.25, 0.3) is 0 Å². The lowest BCUT2D eigenvalue weighted by Gasteiger charge is -2.31. The molecule has 0 bridgehead atoms. The molecule has 0 spiro atoms. The number of amides is 2. The first kappa shape index (κ1) is 23.3. The molecule has 1 aliphatic rings. The first-order valence-electron chi connectivity index (χ1n) is 11.5. The second-order valence-corrected chi connectivity index (χ2v) is 10.3. The molecule has 0 saturated carbocycles. The fourth-order valence-electron chi connectivity index (χ4n) is 4.33. The van der Waals surface area contributed by atoms with Gasteiger partial charge in [0, 0.05) is 38.6 Å². The number of benzene rings is 2. The minimum Gasteiger partial charge on any atom is -0.342 e. The summed E-state index contributed by atoms with van der Waals surface area (Å²) in [7, 11) is -3.48. The highest BCUT2D eigenvalue weighted by Crippen LogP contribution is 2.26. The summed E-state index contributed by atoms with van der Waals surface area (Å²) >= 11 is 0. The van der Waals surface area contributed by atoms with Gasteiger partial charge in [-0.3, -0.25) is 0 Å². The van der Waals surface area contributed by atoms with Gasteiger partial charge in [0.1, 0.15) is 5.82 Å². The van der Waals surface area contributed by atoms with Crippen molar-refractivity contribution in [3.63, 3.8) is 0 Å². The summed E-state index contributed by atoms with van der Waals surface area (Å²) in [5, 5.41) is 2.97. The van der Waals surface area contributed by atoms with E-state index >= 15 is 0 Å². The van der Waals surface area contributed by atoms with Crippen LogP contribution < -0.4 is 5.32 Å². The highest BCUT2D eigenvalue weighted by Gasteiger charge is 2.27. The van der Waals surface area contributed by atoms with Crippen LogP contribution in [0.25, 0.3) is 11.0 Å². The van der Waals surface area contributed by atoms with E-state index in [2.05, 4.69) is 10.3 Å². The number of sulfonamides is 1. The van der Waals surface area contributed by atoms with E-state index in [1.165, 1.54) is 4.31 Å². The van der Waals surface area contributed by atoms with Gasteiger partial charge in [-0.2, -0.15) is 4.31 Å². The third-order valence-electron chi connectivity index (χ3n) is 6.21. The van der Waals surface area contributed by atoms with Gasteiger partial charge < -0.3 is 15.2 Å². The second-order valence-electron chi connectivity index (χ2n) is 8.32.